The van der Waals surface area contributed by atoms with Crippen molar-refractivity contribution >= 4 is 23.2 Å². The lowest BCUT2D eigenvalue weighted by Gasteiger charge is -2.14. The molecule has 0 fully saturated rings. The fourth-order valence-electron chi connectivity index (χ4n) is 1.99. The van der Waals surface area contributed by atoms with E-state index in [4.69, 9.17) is 16.3 Å². The molecule has 1 atom stereocenters. The quantitative estimate of drug-likeness (QED) is 0.647. The Morgan fingerprint density at radius 3 is 2.57 bits per heavy atom. The monoisotopic (exact) mass is 334 g/mol. The third kappa shape index (κ3) is 4.69. The first-order valence-electron chi connectivity index (χ1n) is 6.88. The summed E-state index contributed by atoms with van der Waals surface area (Å²) < 4.78 is 5.24. The third-order valence-electron chi connectivity index (χ3n) is 3.17. The van der Waals surface area contributed by atoms with Gasteiger partial charge in [0.1, 0.15) is 0 Å². The second-order valence-electron chi connectivity index (χ2n) is 4.85. The second kappa shape index (κ2) is 7.60. The number of nitrogens with one attached hydrogen (secondary N) is 1. The minimum absolute atomic E-state index is 0.0618. The lowest BCUT2D eigenvalue weighted by atomic mass is 10.1. The molecule has 6 nitrogen and oxygen atoms in total. The predicted octanol–water partition coefficient (Wildman–Crippen LogP) is 3.50. The van der Waals surface area contributed by atoms with Gasteiger partial charge in [0.15, 0.2) is 12.4 Å². The molecule has 0 bridgehead atoms. The number of nitro groups is 1. The van der Waals surface area contributed by atoms with Crippen molar-refractivity contribution in [2.75, 3.05) is 6.61 Å². The topological polar surface area (TPSA) is 81.5 Å². The molecule has 2 aromatic rings. The Balaban J connectivity index is 1.93. The number of nitrogens with zero attached hydrogens (tertiary/aromatic N) is 1. The van der Waals surface area contributed by atoms with Crippen molar-refractivity contribution in [1.29, 1.82) is 0 Å². The highest BCUT2D eigenvalue weighted by atomic mass is 35.5. The van der Waals surface area contributed by atoms with Crippen molar-refractivity contribution in [2.45, 2.75) is 13.0 Å². The first kappa shape index (κ1) is 16.8. The van der Waals surface area contributed by atoms with Crippen LogP contribution in [0.4, 0.5) is 5.69 Å². The molecule has 0 saturated heterocycles. The van der Waals surface area contributed by atoms with Gasteiger partial charge in [-0.15, -0.1) is 0 Å². The molecule has 0 radical (unpaired) electrons. The number of hydrogen-bond acceptors (Lipinski definition) is 4. The zero-order valence-electron chi connectivity index (χ0n) is 12.4. The van der Waals surface area contributed by atoms with Gasteiger partial charge in [-0.3, -0.25) is 14.9 Å². The summed E-state index contributed by atoms with van der Waals surface area (Å²) >= 11 is 5.82. The number of hydrogen-bond donors (Lipinski definition) is 1. The molecule has 0 unspecified atom stereocenters. The van der Waals surface area contributed by atoms with Crippen molar-refractivity contribution in [3.63, 3.8) is 0 Å². The summed E-state index contributed by atoms with van der Waals surface area (Å²) in [5, 5.41) is 14.2. The van der Waals surface area contributed by atoms with E-state index in [1.807, 2.05) is 19.1 Å². The molecular formula is C16H15ClN2O4. The van der Waals surface area contributed by atoms with E-state index in [1.54, 1.807) is 18.2 Å². The van der Waals surface area contributed by atoms with Crippen molar-refractivity contribution in [2.24, 2.45) is 0 Å². The number of amides is 1. The highest BCUT2D eigenvalue weighted by Gasteiger charge is 2.16. The van der Waals surface area contributed by atoms with Gasteiger partial charge in [-0.2, -0.15) is 0 Å². The average Bonchev–Trinajstić information content (AvgIpc) is 2.53. The maximum absolute atomic E-state index is 11.9. The summed E-state index contributed by atoms with van der Waals surface area (Å²) in [5.74, 6) is -0.308. The van der Waals surface area contributed by atoms with E-state index in [0.29, 0.717) is 5.02 Å². The Bertz CT molecular complexity index is 703. The molecule has 2 rings (SSSR count). The molecule has 7 heteroatoms. The van der Waals surface area contributed by atoms with Crippen molar-refractivity contribution in [1.82, 2.24) is 5.32 Å². The molecule has 0 aliphatic heterocycles. The van der Waals surface area contributed by atoms with Gasteiger partial charge in [0.2, 0.25) is 0 Å². The number of carbonyl (C=O) groups is 1. The van der Waals surface area contributed by atoms with Gasteiger partial charge in [0.05, 0.1) is 11.0 Å². The number of nitro benzene ring substituents is 1. The highest BCUT2D eigenvalue weighted by Crippen LogP contribution is 2.25. The minimum Gasteiger partial charge on any atom is -0.477 e. The highest BCUT2D eigenvalue weighted by molar-refractivity contribution is 6.30. The van der Waals surface area contributed by atoms with Crippen LogP contribution < -0.4 is 10.1 Å². The molecule has 0 aliphatic carbocycles. The Morgan fingerprint density at radius 1 is 1.26 bits per heavy atom. The number of halogens is 1. The average molecular weight is 335 g/mol. The number of ether oxygens (including phenoxy) is 1. The van der Waals surface area contributed by atoms with E-state index < -0.39 is 4.92 Å². The summed E-state index contributed by atoms with van der Waals surface area (Å²) in [4.78, 5) is 22.2. The zero-order valence-corrected chi connectivity index (χ0v) is 13.1. The van der Waals surface area contributed by atoms with Crippen LogP contribution in [0, 0.1) is 10.1 Å². The number of para-hydroxylation sites is 2. The smallest absolute Gasteiger partial charge is 0.310 e. The molecule has 2 aromatic carbocycles. The fourth-order valence-corrected chi connectivity index (χ4v) is 2.12. The van der Waals surface area contributed by atoms with Crippen LogP contribution in [0.2, 0.25) is 5.02 Å². The van der Waals surface area contributed by atoms with E-state index in [9.17, 15) is 14.9 Å². The molecule has 0 heterocycles. The van der Waals surface area contributed by atoms with Crippen molar-refractivity contribution in [3.8, 4) is 5.75 Å². The molecule has 0 aromatic heterocycles. The number of benzene rings is 2. The number of rotatable bonds is 6. The lowest BCUT2D eigenvalue weighted by Crippen LogP contribution is -2.31. The van der Waals surface area contributed by atoms with E-state index in [0.717, 1.165) is 5.56 Å². The van der Waals surface area contributed by atoms with Gasteiger partial charge in [0, 0.05) is 11.1 Å². The molecule has 1 N–H and O–H groups in total. The fraction of sp³-hybridized carbons (Fsp3) is 0.188. The molecular weight excluding hydrogens is 320 g/mol. The number of carbonyl (C=O) groups excluding carboxylic acids is 1. The zero-order chi connectivity index (χ0) is 16.8. The predicted molar refractivity (Wildman–Crippen MR) is 86.6 cm³/mol. The first-order chi connectivity index (χ1) is 11.0. The van der Waals surface area contributed by atoms with Crippen molar-refractivity contribution in [3.05, 3.63) is 69.2 Å². The molecule has 0 aliphatic rings. The van der Waals surface area contributed by atoms with E-state index in [1.165, 1.54) is 18.2 Å². The van der Waals surface area contributed by atoms with Gasteiger partial charge in [0.25, 0.3) is 5.91 Å². The third-order valence-corrected chi connectivity index (χ3v) is 3.42. The van der Waals surface area contributed by atoms with E-state index >= 15 is 0 Å². The Morgan fingerprint density at radius 2 is 1.91 bits per heavy atom. The van der Waals surface area contributed by atoms with Crippen LogP contribution in [0.15, 0.2) is 48.5 Å². The molecule has 0 spiro atoms. The molecule has 23 heavy (non-hydrogen) atoms. The summed E-state index contributed by atoms with van der Waals surface area (Å²) in [5.41, 5.74) is 0.722. The summed E-state index contributed by atoms with van der Waals surface area (Å²) in [6.45, 7) is 1.52. The maximum Gasteiger partial charge on any atom is 0.310 e. The van der Waals surface area contributed by atoms with Gasteiger partial charge >= 0.3 is 5.69 Å². The van der Waals surface area contributed by atoms with E-state index in [-0.39, 0.29) is 30.0 Å². The van der Waals surface area contributed by atoms with Crippen LogP contribution in [-0.4, -0.2) is 17.4 Å². The Hall–Kier alpha value is -2.60. The van der Waals surface area contributed by atoms with E-state index in [2.05, 4.69) is 5.32 Å². The Labute approximate surface area is 138 Å². The maximum atomic E-state index is 11.9. The summed E-state index contributed by atoms with van der Waals surface area (Å²) in [6, 6.07) is 12.8. The minimum atomic E-state index is -0.552. The van der Waals surface area contributed by atoms with Crippen LogP contribution >= 0.6 is 11.6 Å². The SMILES string of the molecule is C[C@@H](NC(=O)COc1ccccc1[N+](=O)[O-])c1ccc(Cl)cc1. The summed E-state index contributed by atoms with van der Waals surface area (Å²) in [6.07, 6.45) is 0. The lowest BCUT2D eigenvalue weighted by molar-refractivity contribution is -0.385. The standard InChI is InChI=1S/C16H15ClN2O4/c1-11(12-6-8-13(17)9-7-12)18-16(20)10-23-15-5-3-2-4-14(15)19(21)22/h2-9,11H,10H2,1H3,(H,18,20)/t11-/m1/s1. The van der Waals surface area contributed by atoms with Crippen molar-refractivity contribution < 1.29 is 14.5 Å². The normalized spacial score (nSPS) is 11.6. The second-order valence-corrected chi connectivity index (χ2v) is 5.29. The largest absolute Gasteiger partial charge is 0.477 e. The van der Waals surface area contributed by atoms with Gasteiger partial charge in [-0.1, -0.05) is 35.9 Å². The van der Waals surface area contributed by atoms with Crippen LogP contribution in [0.1, 0.15) is 18.5 Å². The van der Waals surface area contributed by atoms with Crippen LogP contribution in [0.3, 0.4) is 0 Å². The molecule has 0 saturated carbocycles. The van der Waals surface area contributed by atoms with Crippen LogP contribution in [0.25, 0.3) is 0 Å². The Kier molecular flexibility index (Phi) is 5.54. The van der Waals surface area contributed by atoms with Crippen LogP contribution in [-0.2, 0) is 4.79 Å². The van der Waals surface area contributed by atoms with Crippen LogP contribution in [0.5, 0.6) is 5.75 Å². The van der Waals surface area contributed by atoms with Gasteiger partial charge in [-0.05, 0) is 30.7 Å². The van der Waals surface area contributed by atoms with Gasteiger partial charge < -0.3 is 10.1 Å². The summed E-state index contributed by atoms with van der Waals surface area (Å²) in [7, 11) is 0. The molecule has 1 amide bonds. The van der Waals surface area contributed by atoms with Gasteiger partial charge in [-0.25, -0.2) is 0 Å². The first-order valence-corrected chi connectivity index (χ1v) is 7.26. The molecule has 120 valence electrons.